The molecule has 0 bridgehead atoms. The second-order valence-electron chi connectivity index (χ2n) is 5.79. The van der Waals surface area contributed by atoms with E-state index in [-0.39, 0.29) is 12.5 Å². The van der Waals surface area contributed by atoms with E-state index in [0.29, 0.717) is 17.5 Å². The van der Waals surface area contributed by atoms with Gasteiger partial charge in [-0.25, -0.2) is 14.6 Å². The molecule has 1 amide bonds. The average Bonchev–Trinajstić information content (AvgIpc) is 2.98. The van der Waals surface area contributed by atoms with Crippen molar-refractivity contribution in [2.24, 2.45) is 5.73 Å². The summed E-state index contributed by atoms with van der Waals surface area (Å²) in [5.41, 5.74) is 6.07. The monoisotopic (exact) mass is 315 g/mol. The minimum Gasteiger partial charge on any atom is -0.480 e. The van der Waals surface area contributed by atoms with Gasteiger partial charge in [0.1, 0.15) is 0 Å². The number of carbonyl (C=O) groups is 1. The molecule has 2 heterocycles. The molecule has 0 radical (unpaired) electrons. The van der Waals surface area contributed by atoms with Crippen molar-refractivity contribution in [3.63, 3.8) is 0 Å². The second-order valence-corrected chi connectivity index (χ2v) is 5.79. The fourth-order valence-corrected chi connectivity index (χ4v) is 3.09. The lowest BCUT2D eigenvalue weighted by Gasteiger charge is -2.23. The second kappa shape index (κ2) is 6.76. The lowest BCUT2D eigenvalue weighted by Crippen LogP contribution is -2.17. The van der Waals surface area contributed by atoms with Gasteiger partial charge in [-0.2, -0.15) is 5.10 Å². The average molecular weight is 315 g/mol. The molecule has 0 aromatic carbocycles. The van der Waals surface area contributed by atoms with Crippen LogP contribution in [0.3, 0.4) is 0 Å². The van der Waals surface area contributed by atoms with E-state index in [2.05, 4.69) is 15.1 Å². The maximum atomic E-state index is 11.2. The molecule has 122 valence electrons. The molecule has 2 aromatic rings. The molecule has 1 saturated carbocycles. The van der Waals surface area contributed by atoms with Crippen LogP contribution in [0.5, 0.6) is 5.88 Å². The molecule has 3 rings (SSSR count). The van der Waals surface area contributed by atoms with E-state index in [9.17, 15) is 4.79 Å². The van der Waals surface area contributed by atoms with Gasteiger partial charge in [0, 0.05) is 6.20 Å². The highest BCUT2D eigenvalue weighted by molar-refractivity contribution is 5.76. The third kappa shape index (κ3) is 3.33. The van der Waals surface area contributed by atoms with Crippen LogP contribution >= 0.6 is 0 Å². The number of aromatic nitrogens is 4. The number of nitrogens with two attached hydrogens (primary N) is 1. The first-order valence-corrected chi connectivity index (χ1v) is 7.92. The molecule has 7 nitrogen and oxygen atoms in total. The smallest absolute Gasteiger partial charge is 0.225 e. The van der Waals surface area contributed by atoms with E-state index in [1.54, 1.807) is 13.3 Å². The first kappa shape index (κ1) is 15.5. The number of rotatable bonds is 5. The van der Waals surface area contributed by atoms with Gasteiger partial charge in [-0.15, -0.1) is 0 Å². The Bertz CT molecular complexity index is 692. The molecule has 2 N–H and O–H groups in total. The number of pyridine rings is 1. The van der Waals surface area contributed by atoms with E-state index in [0.717, 1.165) is 18.4 Å². The SMILES string of the molecule is COc1ncccc1-c1nc(CC(N)=O)nn1C1CCCCC1. The first-order chi connectivity index (χ1) is 11.2. The van der Waals surface area contributed by atoms with Gasteiger partial charge in [-0.3, -0.25) is 4.79 Å². The third-order valence-electron chi connectivity index (χ3n) is 4.13. The molecule has 0 spiro atoms. The Morgan fingerprint density at radius 1 is 1.39 bits per heavy atom. The van der Waals surface area contributed by atoms with Gasteiger partial charge in [0.05, 0.1) is 25.1 Å². The van der Waals surface area contributed by atoms with E-state index >= 15 is 0 Å². The van der Waals surface area contributed by atoms with Gasteiger partial charge in [0.25, 0.3) is 0 Å². The quantitative estimate of drug-likeness (QED) is 0.908. The van der Waals surface area contributed by atoms with Crippen molar-refractivity contribution < 1.29 is 9.53 Å². The van der Waals surface area contributed by atoms with Crippen LogP contribution in [0.25, 0.3) is 11.4 Å². The van der Waals surface area contributed by atoms with Crippen LogP contribution in [0.1, 0.15) is 44.0 Å². The zero-order chi connectivity index (χ0) is 16.2. The summed E-state index contributed by atoms with van der Waals surface area (Å²) in [6.07, 6.45) is 7.46. The Labute approximate surface area is 134 Å². The van der Waals surface area contributed by atoms with Crippen LogP contribution in [-0.2, 0) is 11.2 Å². The maximum Gasteiger partial charge on any atom is 0.225 e. The molecule has 1 fully saturated rings. The van der Waals surface area contributed by atoms with Crippen molar-refractivity contribution in [2.45, 2.75) is 44.6 Å². The maximum absolute atomic E-state index is 11.2. The molecule has 0 saturated heterocycles. The highest BCUT2D eigenvalue weighted by atomic mass is 16.5. The Hall–Kier alpha value is -2.44. The topological polar surface area (TPSA) is 95.9 Å². The summed E-state index contributed by atoms with van der Waals surface area (Å²) in [5, 5.41) is 4.55. The Morgan fingerprint density at radius 3 is 2.87 bits per heavy atom. The zero-order valence-corrected chi connectivity index (χ0v) is 13.2. The van der Waals surface area contributed by atoms with Gasteiger partial charge in [-0.1, -0.05) is 19.3 Å². The van der Waals surface area contributed by atoms with Gasteiger partial charge < -0.3 is 10.5 Å². The van der Waals surface area contributed by atoms with Crippen molar-refractivity contribution in [3.05, 3.63) is 24.2 Å². The highest BCUT2D eigenvalue weighted by Crippen LogP contribution is 2.33. The van der Waals surface area contributed by atoms with Gasteiger partial charge in [0.15, 0.2) is 11.6 Å². The molecule has 23 heavy (non-hydrogen) atoms. The van der Waals surface area contributed by atoms with Crippen LogP contribution in [0.4, 0.5) is 0 Å². The normalized spacial score (nSPS) is 15.5. The van der Waals surface area contributed by atoms with Gasteiger partial charge in [0.2, 0.25) is 11.8 Å². The van der Waals surface area contributed by atoms with E-state index in [1.807, 2.05) is 16.8 Å². The van der Waals surface area contributed by atoms with E-state index < -0.39 is 5.91 Å². The Morgan fingerprint density at radius 2 is 2.17 bits per heavy atom. The summed E-state index contributed by atoms with van der Waals surface area (Å²) in [6.45, 7) is 0. The zero-order valence-electron chi connectivity index (χ0n) is 13.2. The number of hydrogen-bond donors (Lipinski definition) is 1. The van der Waals surface area contributed by atoms with E-state index in [4.69, 9.17) is 10.5 Å². The fraction of sp³-hybridized carbons (Fsp3) is 0.500. The summed E-state index contributed by atoms with van der Waals surface area (Å²) < 4.78 is 7.28. The number of methoxy groups -OCH3 is 1. The summed E-state index contributed by atoms with van der Waals surface area (Å²) in [6, 6.07) is 4.03. The minimum absolute atomic E-state index is 0.0370. The lowest BCUT2D eigenvalue weighted by atomic mass is 9.95. The number of ether oxygens (including phenoxy) is 1. The molecule has 0 atom stereocenters. The summed E-state index contributed by atoms with van der Waals surface area (Å²) in [5.74, 6) is 1.21. The molecule has 1 aliphatic rings. The molecular formula is C16H21N5O2. The summed E-state index contributed by atoms with van der Waals surface area (Å²) in [4.78, 5) is 20.0. The Balaban J connectivity index is 2.05. The minimum atomic E-state index is -0.435. The third-order valence-corrected chi connectivity index (χ3v) is 4.13. The molecule has 2 aromatic heterocycles. The van der Waals surface area contributed by atoms with Crippen molar-refractivity contribution in [3.8, 4) is 17.3 Å². The highest BCUT2D eigenvalue weighted by Gasteiger charge is 2.24. The van der Waals surface area contributed by atoms with Gasteiger partial charge in [-0.05, 0) is 25.0 Å². The molecular weight excluding hydrogens is 294 g/mol. The Kier molecular flexibility index (Phi) is 4.55. The number of hydrogen-bond acceptors (Lipinski definition) is 5. The molecule has 1 aliphatic carbocycles. The van der Waals surface area contributed by atoms with Crippen molar-refractivity contribution in [1.29, 1.82) is 0 Å². The predicted molar refractivity (Wildman–Crippen MR) is 84.8 cm³/mol. The van der Waals surface area contributed by atoms with Crippen molar-refractivity contribution in [1.82, 2.24) is 19.7 Å². The van der Waals surface area contributed by atoms with E-state index in [1.165, 1.54) is 19.3 Å². The van der Waals surface area contributed by atoms with Crippen LogP contribution in [0.15, 0.2) is 18.3 Å². The largest absolute Gasteiger partial charge is 0.480 e. The van der Waals surface area contributed by atoms with Gasteiger partial charge >= 0.3 is 0 Å². The predicted octanol–water partition coefficient (Wildman–Crippen LogP) is 1.88. The van der Waals surface area contributed by atoms with Crippen LogP contribution < -0.4 is 10.5 Å². The first-order valence-electron chi connectivity index (χ1n) is 7.92. The fourth-order valence-electron chi connectivity index (χ4n) is 3.09. The molecule has 7 heteroatoms. The van der Waals surface area contributed by atoms with Crippen LogP contribution in [0, 0.1) is 0 Å². The van der Waals surface area contributed by atoms with Crippen molar-refractivity contribution >= 4 is 5.91 Å². The number of amides is 1. The number of nitrogens with zero attached hydrogens (tertiary/aromatic N) is 4. The number of carbonyl (C=O) groups excluding carboxylic acids is 1. The standard InChI is InChI=1S/C16H21N5O2/c1-23-16-12(8-5-9-18-16)15-19-14(10-13(17)22)20-21(15)11-6-3-2-4-7-11/h5,8-9,11H,2-4,6-7,10H2,1H3,(H2,17,22). The lowest BCUT2D eigenvalue weighted by molar-refractivity contribution is -0.117. The summed E-state index contributed by atoms with van der Waals surface area (Å²) >= 11 is 0. The van der Waals surface area contributed by atoms with Crippen molar-refractivity contribution in [2.75, 3.05) is 7.11 Å². The molecule has 0 unspecified atom stereocenters. The van der Waals surface area contributed by atoms with Crippen LogP contribution in [0.2, 0.25) is 0 Å². The molecule has 0 aliphatic heterocycles. The van der Waals surface area contributed by atoms with Crippen LogP contribution in [-0.4, -0.2) is 32.8 Å². The number of primary amides is 1. The summed E-state index contributed by atoms with van der Waals surface area (Å²) in [7, 11) is 1.58.